The number of hydrogen-bond acceptors (Lipinski definition) is 4. The molecule has 2 amide bonds. The van der Waals surface area contributed by atoms with E-state index in [1.165, 1.54) is 0 Å². The van der Waals surface area contributed by atoms with Crippen LogP contribution in [0.5, 0.6) is 0 Å². The van der Waals surface area contributed by atoms with Gasteiger partial charge in [0.2, 0.25) is 0 Å². The lowest BCUT2D eigenvalue weighted by Crippen LogP contribution is -2.30. The van der Waals surface area contributed by atoms with Crippen LogP contribution in [0.25, 0.3) is 0 Å². The smallest absolute Gasteiger partial charge is 0.338 e. The predicted octanol–water partition coefficient (Wildman–Crippen LogP) is 2.19. The van der Waals surface area contributed by atoms with E-state index < -0.39 is 27.9 Å². The molecule has 0 aliphatic heterocycles. The molecule has 0 saturated heterocycles. The van der Waals surface area contributed by atoms with Crippen LogP contribution in [-0.4, -0.2) is 33.9 Å². The molecule has 2 N–H and O–H groups in total. The van der Waals surface area contributed by atoms with Crippen LogP contribution in [0.2, 0.25) is 0 Å². The topological polar surface area (TPSA) is 84.5 Å². The maximum Gasteiger partial charge on any atom is 0.416 e. The molecule has 22 heavy (non-hydrogen) atoms. The molecule has 1 aromatic carbocycles. The van der Waals surface area contributed by atoms with Crippen molar-refractivity contribution >= 4 is 21.8 Å². The number of hydrogen-bond donors (Lipinski definition) is 2. The third-order valence-electron chi connectivity index (χ3n) is 2.58. The summed E-state index contributed by atoms with van der Waals surface area (Å²) in [6.45, 7) is 0.0784. The highest BCUT2D eigenvalue weighted by Crippen LogP contribution is 2.29. The minimum absolute atomic E-state index is 0.0784. The van der Waals surface area contributed by atoms with E-state index in [1.807, 2.05) is 0 Å². The molecular formula is C12H15F3N2O4S. The predicted molar refractivity (Wildman–Crippen MR) is 73.9 cm³/mol. The van der Waals surface area contributed by atoms with Gasteiger partial charge in [-0.2, -0.15) is 21.6 Å². The van der Waals surface area contributed by atoms with E-state index in [4.69, 9.17) is 0 Å². The summed E-state index contributed by atoms with van der Waals surface area (Å²) in [7, 11) is -2.53. The van der Waals surface area contributed by atoms with Crippen molar-refractivity contribution in [3.63, 3.8) is 0 Å². The van der Waals surface area contributed by atoms with Crippen molar-refractivity contribution < 1.29 is 30.6 Å². The molecule has 1 aromatic rings. The van der Waals surface area contributed by atoms with Gasteiger partial charge < -0.3 is 10.6 Å². The van der Waals surface area contributed by atoms with E-state index in [0.717, 1.165) is 31.4 Å². The average molecular weight is 340 g/mol. The van der Waals surface area contributed by atoms with Crippen molar-refractivity contribution in [2.75, 3.05) is 24.7 Å². The Morgan fingerprint density at radius 2 is 1.82 bits per heavy atom. The van der Waals surface area contributed by atoms with Crippen LogP contribution in [0.3, 0.4) is 0 Å². The molecule has 0 heterocycles. The molecule has 0 aliphatic carbocycles. The first-order valence-corrected chi connectivity index (χ1v) is 7.72. The van der Waals surface area contributed by atoms with Gasteiger partial charge in [0.25, 0.3) is 10.1 Å². The van der Waals surface area contributed by atoms with Gasteiger partial charge in [-0.1, -0.05) is 0 Å². The number of halogens is 3. The average Bonchev–Trinajstić information content (AvgIpc) is 2.43. The van der Waals surface area contributed by atoms with Gasteiger partial charge >= 0.3 is 12.2 Å². The summed E-state index contributed by atoms with van der Waals surface area (Å²) < 4.78 is 63.3. The Labute approximate surface area is 125 Å². The van der Waals surface area contributed by atoms with Crippen LogP contribution in [0.1, 0.15) is 12.0 Å². The fourth-order valence-corrected chi connectivity index (χ4v) is 2.12. The van der Waals surface area contributed by atoms with Crippen molar-refractivity contribution in [1.29, 1.82) is 0 Å². The highest BCUT2D eigenvalue weighted by molar-refractivity contribution is 7.86. The lowest BCUT2D eigenvalue weighted by atomic mass is 10.2. The van der Waals surface area contributed by atoms with Gasteiger partial charge in [0, 0.05) is 12.2 Å². The quantitative estimate of drug-likeness (QED) is 0.614. The molecule has 0 aromatic heterocycles. The lowest BCUT2D eigenvalue weighted by Gasteiger charge is -2.09. The first kappa shape index (κ1) is 18.2. The Hall–Kier alpha value is -1.81. The van der Waals surface area contributed by atoms with Crippen molar-refractivity contribution in [1.82, 2.24) is 5.32 Å². The Kier molecular flexibility index (Phi) is 6.18. The number of benzene rings is 1. The number of rotatable bonds is 6. The Morgan fingerprint density at radius 3 is 2.32 bits per heavy atom. The fraction of sp³-hybridized carbons (Fsp3) is 0.417. The second-order valence-corrected chi connectivity index (χ2v) is 6.09. The normalized spacial score (nSPS) is 12.0. The van der Waals surface area contributed by atoms with Crippen LogP contribution < -0.4 is 10.6 Å². The van der Waals surface area contributed by atoms with Gasteiger partial charge in [0.1, 0.15) is 0 Å². The summed E-state index contributed by atoms with van der Waals surface area (Å²) in [5.41, 5.74) is -0.627. The van der Waals surface area contributed by atoms with E-state index in [1.54, 1.807) is 0 Å². The molecule has 0 bridgehead atoms. The molecule has 124 valence electrons. The highest BCUT2D eigenvalue weighted by Gasteiger charge is 2.29. The second kappa shape index (κ2) is 7.45. The molecule has 0 radical (unpaired) electrons. The van der Waals surface area contributed by atoms with Crippen molar-refractivity contribution in [3.05, 3.63) is 29.8 Å². The number of urea groups is 1. The number of carbonyl (C=O) groups excluding carboxylic acids is 1. The number of nitrogens with one attached hydrogen (secondary N) is 2. The van der Waals surface area contributed by atoms with Crippen LogP contribution in [0.15, 0.2) is 24.3 Å². The van der Waals surface area contributed by atoms with Crippen LogP contribution in [0, 0.1) is 0 Å². The van der Waals surface area contributed by atoms with Gasteiger partial charge in [0.05, 0.1) is 18.4 Å². The van der Waals surface area contributed by atoms with Gasteiger partial charge in [-0.05, 0) is 30.7 Å². The maximum atomic E-state index is 12.4. The lowest BCUT2D eigenvalue weighted by molar-refractivity contribution is -0.137. The SMILES string of the molecule is COS(=O)(=O)CCCNC(=O)Nc1ccc(C(F)(F)F)cc1. The van der Waals surface area contributed by atoms with Crippen LogP contribution in [-0.2, 0) is 20.5 Å². The van der Waals surface area contributed by atoms with E-state index in [0.29, 0.717) is 0 Å². The maximum absolute atomic E-state index is 12.4. The van der Waals surface area contributed by atoms with Crippen LogP contribution in [0.4, 0.5) is 23.7 Å². The van der Waals surface area contributed by atoms with E-state index in [2.05, 4.69) is 14.8 Å². The molecule has 0 saturated carbocycles. The summed E-state index contributed by atoms with van der Waals surface area (Å²) in [6, 6.07) is 3.30. The molecule has 0 spiro atoms. The van der Waals surface area contributed by atoms with Crippen LogP contribution >= 0.6 is 0 Å². The Morgan fingerprint density at radius 1 is 1.23 bits per heavy atom. The van der Waals surface area contributed by atoms with E-state index >= 15 is 0 Å². The summed E-state index contributed by atoms with van der Waals surface area (Å²) in [4.78, 5) is 11.5. The Balaban J connectivity index is 2.40. The van der Waals surface area contributed by atoms with Crippen molar-refractivity contribution in [2.45, 2.75) is 12.6 Å². The van der Waals surface area contributed by atoms with Gasteiger partial charge in [-0.15, -0.1) is 0 Å². The molecule has 0 unspecified atom stereocenters. The second-order valence-electron chi connectivity index (χ2n) is 4.24. The number of alkyl halides is 3. The molecule has 0 fully saturated rings. The largest absolute Gasteiger partial charge is 0.416 e. The fourth-order valence-electron chi connectivity index (χ4n) is 1.45. The zero-order chi connectivity index (χ0) is 16.8. The van der Waals surface area contributed by atoms with Gasteiger partial charge in [0.15, 0.2) is 0 Å². The van der Waals surface area contributed by atoms with E-state index in [9.17, 15) is 26.4 Å². The monoisotopic (exact) mass is 340 g/mol. The molecule has 0 atom stereocenters. The minimum atomic E-state index is -4.44. The summed E-state index contributed by atoms with van der Waals surface area (Å²) >= 11 is 0. The first-order valence-electron chi connectivity index (χ1n) is 6.14. The van der Waals surface area contributed by atoms with E-state index in [-0.39, 0.29) is 24.4 Å². The Bertz CT molecular complexity index is 600. The van der Waals surface area contributed by atoms with Gasteiger partial charge in [-0.25, -0.2) is 4.79 Å². The molecule has 6 nitrogen and oxygen atoms in total. The third kappa shape index (κ3) is 6.31. The number of carbonyl (C=O) groups is 1. The summed E-state index contributed by atoms with van der Waals surface area (Å²) in [5.74, 6) is -0.246. The minimum Gasteiger partial charge on any atom is -0.338 e. The zero-order valence-electron chi connectivity index (χ0n) is 11.6. The molecular weight excluding hydrogens is 325 g/mol. The zero-order valence-corrected chi connectivity index (χ0v) is 12.4. The molecule has 1 rings (SSSR count). The summed E-state index contributed by atoms with van der Waals surface area (Å²) in [5, 5.41) is 4.71. The highest BCUT2D eigenvalue weighted by atomic mass is 32.2. The molecule has 0 aliphatic rings. The number of amides is 2. The third-order valence-corrected chi connectivity index (χ3v) is 3.88. The van der Waals surface area contributed by atoms with Crippen molar-refractivity contribution in [3.8, 4) is 0 Å². The molecule has 10 heteroatoms. The van der Waals surface area contributed by atoms with Gasteiger partial charge in [-0.3, -0.25) is 4.18 Å². The number of anilines is 1. The van der Waals surface area contributed by atoms with Crippen molar-refractivity contribution in [2.24, 2.45) is 0 Å². The first-order chi connectivity index (χ1) is 10.1. The standard InChI is InChI=1S/C12H15F3N2O4S/c1-21-22(19,20)8-2-7-16-11(18)17-10-5-3-9(4-6-10)12(13,14)15/h3-6H,2,7-8H2,1H3,(H2,16,17,18). The summed E-state index contributed by atoms with van der Waals surface area (Å²) in [6.07, 6.45) is -4.29.